The van der Waals surface area contributed by atoms with Crippen molar-refractivity contribution in [3.63, 3.8) is 0 Å². The van der Waals surface area contributed by atoms with Gasteiger partial charge in [0.1, 0.15) is 0 Å². The number of carbonyl (C=O) groups is 1. The average Bonchev–Trinajstić information content (AvgIpc) is 3.13. The maximum absolute atomic E-state index is 12.2. The molecule has 0 radical (unpaired) electrons. The molecule has 2 aliphatic rings. The summed E-state index contributed by atoms with van der Waals surface area (Å²) in [5.41, 5.74) is 3.35. The van der Waals surface area contributed by atoms with E-state index < -0.39 is 0 Å². The maximum atomic E-state index is 12.2. The number of rotatable bonds is 4. The molecule has 0 aromatic heterocycles. The number of hydrogen-bond acceptors (Lipinski definition) is 3. The third-order valence-electron chi connectivity index (χ3n) is 4.42. The molecule has 0 aliphatic carbocycles. The van der Waals surface area contributed by atoms with Gasteiger partial charge in [-0.3, -0.25) is 9.69 Å². The van der Waals surface area contributed by atoms with Crippen LogP contribution in [-0.4, -0.2) is 36.5 Å². The monoisotopic (exact) mass is 273 g/mol. The minimum atomic E-state index is 0.0470. The first kappa shape index (κ1) is 13.6. The molecule has 1 atom stereocenters. The molecule has 1 aromatic carbocycles. The van der Waals surface area contributed by atoms with Gasteiger partial charge < -0.3 is 10.6 Å². The number of likely N-dealkylation sites (tertiary alicyclic amines) is 1. The van der Waals surface area contributed by atoms with Crippen molar-refractivity contribution in [3.8, 4) is 0 Å². The highest BCUT2D eigenvalue weighted by molar-refractivity contribution is 5.94. The largest absolute Gasteiger partial charge is 0.350 e. The molecular formula is C16H23N3O. The predicted molar refractivity (Wildman–Crippen MR) is 79.6 cm³/mol. The fraction of sp³-hybridized carbons (Fsp3) is 0.562. The highest BCUT2D eigenvalue weighted by atomic mass is 16.1. The second kappa shape index (κ2) is 5.94. The van der Waals surface area contributed by atoms with Crippen molar-refractivity contribution in [3.05, 3.63) is 34.9 Å². The summed E-state index contributed by atoms with van der Waals surface area (Å²) < 4.78 is 0. The molecule has 4 nitrogen and oxygen atoms in total. The van der Waals surface area contributed by atoms with Crippen LogP contribution >= 0.6 is 0 Å². The third-order valence-corrected chi connectivity index (χ3v) is 4.42. The Bertz CT molecular complexity index is 494. The molecule has 2 heterocycles. The van der Waals surface area contributed by atoms with E-state index in [1.54, 1.807) is 0 Å². The topological polar surface area (TPSA) is 44.4 Å². The second-order valence-corrected chi connectivity index (χ2v) is 5.89. The van der Waals surface area contributed by atoms with E-state index in [0.717, 1.165) is 25.2 Å². The van der Waals surface area contributed by atoms with Crippen molar-refractivity contribution < 1.29 is 4.79 Å². The minimum absolute atomic E-state index is 0.0470. The van der Waals surface area contributed by atoms with E-state index in [1.165, 1.54) is 37.1 Å². The van der Waals surface area contributed by atoms with Gasteiger partial charge in [-0.05, 0) is 56.1 Å². The standard InChI is InChI=1S/C16H23N3O/c1-12(19-6-2-3-7-19)9-18-16(20)13-4-5-14-10-17-11-15(14)8-13/h4-5,8,12,17H,2-3,6-7,9-11H2,1H3,(H,18,20). The molecule has 0 saturated carbocycles. The van der Waals surface area contributed by atoms with Gasteiger partial charge in [0, 0.05) is 31.2 Å². The molecule has 0 bridgehead atoms. The van der Waals surface area contributed by atoms with E-state index in [9.17, 15) is 4.79 Å². The Labute approximate surface area is 120 Å². The molecule has 1 unspecified atom stereocenters. The van der Waals surface area contributed by atoms with Gasteiger partial charge in [-0.25, -0.2) is 0 Å². The van der Waals surface area contributed by atoms with Crippen LogP contribution in [0.4, 0.5) is 0 Å². The molecule has 0 spiro atoms. The molecule has 1 amide bonds. The Morgan fingerprint density at radius 3 is 2.85 bits per heavy atom. The molecule has 3 rings (SSSR count). The molecule has 20 heavy (non-hydrogen) atoms. The summed E-state index contributed by atoms with van der Waals surface area (Å²) in [5, 5.41) is 6.37. The van der Waals surface area contributed by atoms with Gasteiger partial charge >= 0.3 is 0 Å². The van der Waals surface area contributed by atoms with Gasteiger partial charge in [-0.2, -0.15) is 0 Å². The molecule has 1 aromatic rings. The van der Waals surface area contributed by atoms with Gasteiger partial charge in [0.2, 0.25) is 0 Å². The van der Waals surface area contributed by atoms with Gasteiger partial charge in [0.15, 0.2) is 0 Å². The van der Waals surface area contributed by atoms with Crippen molar-refractivity contribution in [2.45, 2.75) is 38.9 Å². The Morgan fingerprint density at radius 2 is 2.05 bits per heavy atom. The maximum Gasteiger partial charge on any atom is 0.251 e. The van der Waals surface area contributed by atoms with E-state index in [-0.39, 0.29) is 5.91 Å². The molecule has 1 fully saturated rings. The van der Waals surface area contributed by atoms with Crippen molar-refractivity contribution in [2.75, 3.05) is 19.6 Å². The first-order chi connectivity index (χ1) is 9.74. The van der Waals surface area contributed by atoms with E-state index in [4.69, 9.17) is 0 Å². The minimum Gasteiger partial charge on any atom is -0.350 e. The molecule has 2 N–H and O–H groups in total. The lowest BCUT2D eigenvalue weighted by Gasteiger charge is -2.23. The summed E-state index contributed by atoms with van der Waals surface area (Å²) in [6.45, 7) is 7.05. The number of hydrogen-bond donors (Lipinski definition) is 2. The Hall–Kier alpha value is -1.39. The van der Waals surface area contributed by atoms with Crippen LogP contribution in [0.2, 0.25) is 0 Å². The first-order valence-electron chi connectivity index (χ1n) is 7.59. The fourth-order valence-corrected chi connectivity index (χ4v) is 3.09. The number of benzene rings is 1. The van der Waals surface area contributed by atoms with Crippen LogP contribution in [0.25, 0.3) is 0 Å². The van der Waals surface area contributed by atoms with E-state index in [0.29, 0.717) is 6.04 Å². The summed E-state index contributed by atoms with van der Waals surface area (Å²) in [6.07, 6.45) is 2.58. The average molecular weight is 273 g/mol. The zero-order valence-corrected chi connectivity index (χ0v) is 12.1. The van der Waals surface area contributed by atoms with Crippen LogP contribution in [0, 0.1) is 0 Å². The van der Waals surface area contributed by atoms with E-state index in [1.807, 2.05) is 12.1 Å². The summed E-state index contributed by atoms with van der Waals surface area (Å²) in [4.78, 5) is 14.7. The Balaban J connectivity index is 1.56. The third kappa shape index (κ3) is 2.86. The summed E-state index contributed by atoms with van der Waals surface area (Å²) in [6, 6.07) is 6.44. The van der Waals surface area contributed by atoms with Crippen LogP contribution in [0.15, 0.2) is 18.2 Å². The van der Waals surface area contributed by atoms with Crippen LogP contribution in [0.3, 0.4) is 0 Å². The molecule has 1 saturated heterocycles. The normalized spacial score (nSPS) is 19.9. The fourth-order valence-electron chi connectivity index (χ4n) is 3.09. The molecular weight excluding hydrogens is 250 g/mol. The Kier molecular flexibility index (Phi) is 4.03. The SMILES string of the molecule is CC(CNC(=O)c1ccc2c(c1)CNC2)N1CCCC1. The highest BCUT2D eigenvalue weighted by Crippen LogP contribution is 2.17. The van der Waals surface area contributed by atoms with Crippen molar-refractivity contribution in [1.29, 1.82) is 0 Å². The number of nitrogens with zero attached hydrogens (tertiary/aromatic N) is 1. The van der Waals surface area contributed by atoms with Crippen molar-refractivity contribution in [1.82, 2.24) is 15.5 Å². The summed E-state index contributed by atoms with van der Waals surface area (Å²) in [5.74, 6) is 0.0470. The van der Waals surface area contributed by atoms with Gasteiger partial charge in [-0.15, -0.1) is 0 Å². The molecule has 4 heteroatoms. The highest BCUT2D eigenvalue weighted by Gasteiger charge is 2.19. The first-order valence-corrected chi connectivity index (χ1v) is 7.59. The lowest BCUT2D eigenvalue weighted by molar-refractivity contribution is 0.0940. The lowest BCUT2D eigenvalue weighted by atomic mass is 10.1. The smallest absolute Gasteiger partial charge is 0.251 e. The molecule has 2 aliphatic heterocycles. The zero-order valence-electron chi connectivity index (χ0n) is 12.1. The van der Waals surface area contributed by atoms with Gasteiger partial charge in [0.25, 0.3) is 5.91 Å². The van der Waals surface area contributed by atoms with Crippen LogP contribution < -0.4 is 10.6 Å². The summed E-state index contributed by atoms with van der Waals surface area (Å²) >= 11 is 0. The second-order valence-electron chi connectivity index (χ2n) is 5.89. The Morgan fingerprint density at radius 1 is 1.30 bits per heavy atom. The van der Waals surface area contributed by atoms with Gasteiger partial charge in [-0.1, -0.05) is 6.07 Å². The quantitative estimate of drug-likeness (QED) is 0.874. The number of carbonyl (C=O) groups excluding carboxylic acids is 1. The van der Waals surface area contributed by atoms with Crippen molar-refractivity contribution >= 4 is 5.91 Å². The molecule has 108 valence electrons. The predicted octanol–water partition coefficient (Wildman–Crippen LogP) is 1.50. The number of fused-ring (bicyclic) bond motifs is 1. The van der Waals surface area contributed by atoms with E-state index in [2.05, 4.69) is 28.5 Å². The van der Waals surface area contributed by atoms with E-state index >= 15 is 0 Å². The van der Waals surface area contributed by atoms with Crippen LogP contribution in [-0.2, 0) is 13.1 Å². The van der Waals surface area contributed by atoms with Gasteiger partial charge in [0.05, 0.1) is 0 Å². The number of amides is 1. The zero-order chi connectivity index (χ0) is 13.9. The lowest BCUT2D eigenvalue weighted by Crippen LogP contribution is -2.40. The summed E-state index contributed by atoms with van der Waals surface area (Å²) in [7, 11) is 0. The number of nitrogens with one attached hydrogen (secondary N) is 2. The van der Waals surface area contributed by atoms with Crippen LogP contribution in [0.5, 0.6) is 0 Å². The van der Waals surface area contributed by atoms with Crippen LogP contribution in [0.1, 0.15) is 41.3 Å². The van der Waals surface area contributed by atoms with Crippen molar-refractivity contribution in [2.24, 2.45) is 0 Å².